The minimum atomic E-state index is -0.228. The topological polar surface area (TPSA) is 59.1 Å². The van der Waals surface area contributed by atoms with Crippen LogP contribution in [-0.2, 0) is 11.3 Å². The first-order valence-corrected chi connectivity index (χ1v) is 6.20. The van der Waals surface area contributed by atoms with E-state index in [4.69, 9.17) is 4.74 Å². The second-order valence-electron chi connectivity index (χ2n) is 4.33. The Bertz CT molecular complexity index is 604. The van der Waals surface area contributed by atoms with Crippen molar-refractivity contribution < 1.29 is 9.13 Å². The summed E-state index contributed by atoms with van der Waals surface area (Å²) < 4.78 is 18.3. The first-order chi connectivity index (χ1) is 9.62. The van der Waals surface area contributed by atoms with Gasteiger partial charge in [-0.05, 0) is 30.7 Å². The fourth-order valence-corrected chi connectivity index (χ4v) is 1.75. The highest BCUT2D eigenvalue weighted by molar-refractivity contribution is 5.59. The lowest BCUT2D eigenvalue weighted by molar-refractivity contribution is 0.178. The summed E-state index contributed by atoms with van der Waals surface area (Å²) in [6.07, 6.45) is 0. The average molecular weight is 276 g/mol. The number of nitrogens with zero attached hydrogens (tertiary/aromatic N) is 2. The van der Waals surface area contributed by atoms with Gasteiger partial charge in [0.2, 0.25) is 0 Å². The predicted molar refractivity (Wildman–Crippen MR) is 76.7 cm³/mol. The van der Waals surface area contributed by atoms with Crippen molar-refractivity contribution in [1.82, 2.24) is 9.97 Å². The molecule has 0 bridgehead atoms. The highest BCUT2D eigenvalue weighted by Gasteiger charge is 2.05. The predicted octanol–water partition coefficient (Wildman–Crippen LogP) is 2.86. The van der Waals surface area contributed by atoms with Crippen molar-refractivity contribution in [3.05, 3.63) is 41.5 Å². The number of rotatable bonds is 5. The second kappa shape index (κ2) is 6.29. The lowest BCUT2D eigenvalue weighted by atomic mass is 10.2. The number of nitrogens with one attached hydrogen (secondary N) is 2. The van der Waals surface area contributed by atoms with Crippen LogP contribution in [0.1, 0.15) is 11.4 Å². The zero-order valence-electron chi connectivity index (χ0n) is 11.7. The van der Waals surface area contributed by atoms with Gasteiger partial charge in [-0.2, -0.15) is 0 Å². The van der Waals surface area contributed by atoms with E-state index in [1.165, 1.54) is 6.07 Å². The Kier molecular flexibility index (Phi) is 4.47. The van der Waals surface area contributed by atoms with Crippen molar-refractivity contribution >= 4 is 17.3 Å². The molecule has 1 aromatic carbocycles. The highest BCUT2D eigenvalue weighted by Crippen LogP contribution is 2.20. The number of halogens is 1. The van der Waals surface area contributed by atoms with E-state index in [2.05, 4.69) is 20.6 Å². The molecule has 5 nitrogen and oxygen atoms in total. The fourth-order valence-electron chi connectivity index (χ4n) is 1.75. The molecule has 0 amide bonds. The number of benzene rings is 1. The lowest BCUT2D eigenvalue weighted by Gasteiger charge is -2.10. The Hall–Kier alpha value is -2.21. The Morgan fingerprint density at radius 1 is 1.20 bits per heavy atom. The summed E-state index contributed by atoms with van der Waals surface area (Å²) in [5.41, 5.74) is 1.35. The molecule has 1 heterocycles. The molecular weight excluding hydrogens is 259 g/mol. The largest absolute Gasteiger partial charge is 0.377 e. The molecule has 0 unspecified atom stereocenters. The first kappa shape index (κ1) is 14.2. The second-order valence-corrected chi connectivity index (χ2v) is 4.33. The Morgan fingerprint density at radius 3 is 2.60 bits per heavy atom. The maximum absolute atomic E-state index is 13.2. The third-order valence-electron chi connectivity index (χ3n) is 2.73. The number of aromatic nitrogens is 2. The molecule has 0 saturated carbocycles. The highest BCUT2D eigenvalue weighted by atomic mass is 19.1. The Labute approximate surface area is 117 Å². The maximum Gasteiger partial charge on any atom is 0.158 e. The van der Waals surface area contributed by atoms with Crippen molar-refractivity contribution in [2.24, 2.45) is 0 Å². The molecule has 0 aliphatic carbocycles. The maximum atomic E-state index is 13.2. The van der Waals surface area contributed by atoms with Gasteiger partial charge in [-0.15, -0.1) is 0 Å². The van der Waals surface area contributed by atoms with Gasteiger partial charge in [-0.25, -0.2) is 14.4 Å². The van der Waals surface area contributed by atoms with Crippen LogP contribution in [-0.4, -0.2) is 24.1 Å². The van der Waals surface area contributed by atoms with Crippen LogP contribution in [0, 0.1) is 12.7 Å². The van der Waals surface area contributed by atoms with Gasteiger partial charge in [0.05, 0.1) is 0 Å². The number of hydrogen-bond acceptors (Lipinski definition) is 5. The summed E-state index contributed by atoms with van der Waals surface area (Å²) in [6, 6.07) is 6.59. The van der Waals surface area contributed by atoms with Crippen LogP contribution in [0.2, 0.25) is 0 Å². The molecule has 2 rings (SSSR count). The zero-order valence-corrected chi connectivity index (χ0v) is 11.7. The molecule has 0 fully saturated rings. The summed E-state index contributed by atoms with van der Waals surface area (Å²) in [5, 5.41) is 6.10. The van der Waals surface area contributed by atoms with Crippen molar-refractivity contribution in [3.8, 4) is 0 Å². The standard InChI is InChI=1S/C14H17FN4O/c1-9-6-10(4-5-11(9)15)17-13-7-12(16-2)18-14(19-13)8-20-3/h4-7H,8H2,1-3H3,(H2,16,17,18,19). The van der Waals surface area contributed by atoms with Crippen molar-refractivity contribution in [2.75, 3.05) is 24.8 Å². The number of anilines is 3. The third-order valence-corrected chi connectivity index (χ3v) is 2.73. The van der Waals surface area contributed by atoms with Gasteiger partial charge in [0.15, 0.2) is 5.82 Å². The van der Waals surface area contributed by atoms with Gasteiger partial charge in [0.25, 0.3) is 0 Å². The number of methoxy groups -OCH3 is 1. The molecule has 2 N–H and O–H groups in total. The van der Waals surface area contributed by atoms with Gasteiger partial charge < -0.3 is 15.4 Å². The van der Waals surface area contributed by atoms with Crippen LogP contribution in [0.4, 0.5) is 21.7 Å². The number of aryl methyl sites for hydroxylation is 1. The SMILES string of the molecule is CNc1cc(Nc2ccc(F)c(C)c2)nc(COC)n1. The van der Waals surface area contributed by atoms with Gasteiger partial charge in [-0.3, -0.25) is 0 Å². The smallest absolute Gasteiger partial charge is 0.158 e. The quantitative estimate of drug-likeness (QED) is 0.879. The summed E-state index contributed by atoms with van der Waals surface area (Å²) in [6.45, 7) is 2.04. The van der Waals surface area contributed by atoms with E-state index in [0.717, 1.165) is 5.69 Å². The monoisotopic (exact) mass is 276 g/mol. The fraction of sp³-hybridized carbons (Fsp3) is 0.286. The van der Waals surface area contributed by atoms with Gasteiger partial charge in [0.1, 0.15) is 24.1 Å². The Balaban J connectivity index is 2.27. The minimum absolute atomic E-state index is 0.228. The minimum Gasteiger partial charge on any atom is -0.377 e. The van der Waals surface area contributed by atoms with Crippen LogP contribution in [0.25, 0.3) is 0 Å². The molecule has 0 aliphatic rings. The zero-order chi connectivity index (χ0) is 14.5. The van der Waals surface area contributed by atoms with Crippen LogP contribution in [0.3, 0.4) is 0 Å². The van der Waals surface area contributed by atoms with E-state index < -0.39 is 0 Å². The normalized spacial score (nSPS) is 10.4. The van der Waals surface area contributed by atoms with Crippen LogP contribution in [0.15, 0.2) is 24.3 Å². The molecule has 20 heavy (non-hydrogen) atoms. The van der Waals surface area contributed by atoms with Gasteiger partial charge >= 0.3 is 0 Å². The van der Waals surface area contributed by atoms with E-state index >= 15 is 0 Å². The van der Waals surface area contributed by atoms with Crippen molar-refractivity contribution in [2.45, 2.75) is 13.5 Å². The van der Waals surface area contributed by atoms with Gasteiger partial charge in [0, 0.05) is 25.9 Å². The molecular formula is C14H17FN4O. The molecule has 6 heteroatoms. The summed E-state index contributed by atoms with van der Waals surface area (Å²) in [5.74, 6) is 1.66. The molecule has 0 aliphatic heterocycles. The van der Waals surface area contributed by atoms with Gasteiger partial charge in [-0.1, -0.05) is 0 Å². The molecule has 0 spiro atoms. The molecule has 2 aromatic rings. The van der Waals surface area contributed by atoms with Crippen LogP contribution < -0.4 is 10.6 Å². The van der Waals surface area contributed by atoms with E-state index in [-0.39, 0.29) is 5.82 Å². The van der Waals surface area contributed by atoms with E-state index in [1.807, 2.05) is 0 Å². The van der Waals surface area contributed by atoms with E-state index in [0.29, 0.717) is 29.6 Å². The summed E-state index contributed by atoms with van der Waals surface area (Å²) in [4.78, 5) is 8.61. The van der Waals surface area contributed by atoms with Crippen LogP contribution >= 0.6 is 0 Å². The molecule has 0 saturated heterocycles. The molecule has 0 radical (unpaired) electrons. The average Bonchev–Trinajstić information content (AvgIpc) is 2.43. The number of hydrogen-bond donors (Lipinski definition) is 2. The molecule has 106 valence electrons. The molecule has 0 atom stereocenters. The first-order valence-electron chi connectivity index (χ1n) is 6.20. The lowest BCUT2D eigenvalue weighted by Crippen LogP contribution is -2.04. The van der Waals surface area contributed by atoms with Crippen molar-refractivity contribution in [3.63, 3.8) is 0 Å². The third kappa shape index (κ3) is 3.42. The van der Waals surface area contributed by atoms with E-state index in [1.54, 1.807) is 39.3 Å². The summed E-state index contributed by atoms with van der Waals surface area (Å²) >= 11 is 0. The van der Waals surface area contributed by atoms with Crippen molar-refractivity contribution in [1.29, 1.82) is 0 Å². The molecule has 1 aromatic heterocycles. The number of ether oxygens (including phenoxy) is 1. The Morgan fingerprint density at radius 2 is 1.95 bits per heavy atom. The van der Waals surface area contributed by atoms with E-state index in [9.17, 15) is 4.39 Å². The summed E-state index contributed by atoms with van der Waals surface area (Å²) in [7, 11) is 3.37. The van der Waals surface area contributed by atoms with Crippen LogP contribution in [0.5, 0.6) is 0 Å².